The van der Waals surface area contributed by atoms with E-state index in [4.69, 9.17) is 0 Å². The van der Waals surface area contributed by atoms with Gasteiger partial charge in [-0.1, -0.05) is 0 Å². The van der Waals surface area contributed by atoms with Crippen molar-refractivity contribution in [3.63, 3.8) is 0 Å². The van der Waals surface area contributed by atoms with Gasteiger partial charge >= 0.3 is 0 Å². The number of nitrogens with one attached hydrogen (secondary N) is 2. The minimum Gasteiger partial charge on any atom is -0.369 e. The summed E-state index contributed by atoms with van der Waals surface area (Å²) in [6, 6.07) is 0. The smallest absolute Gasteiger partial charge is 0.224 e. The summed E-state index contributed by atoms with van der Waals surface area (Å²) >= 11 is 3.37. The molecule has 0 spiro atoms. The van der Waals surface area contributed by atoms with Gasteiger partial charge in [-0.25, -0.2) is 4.98 Å². The van der Waals surface area contributed by atoms with Gasteiger partial charge in [0.05, 0.1) is 4.47 Å². The Kier molecular flexibility index (Phi) is 3.95. The minimum atomic E-state index is 0.654. The maximum Gasteiger partial charge on any atom is 0.224 e. The Morgan fingerprint density at radius 1 is 1.31 bits per heavy atom. The van der Waals surface area contributed by atoms with Crippen molar-refractivity contribution in [2.45, 2.75) is 13.8 Å². The Balaban J connectivity index is 2.83. The molecule has 1 rings (SSSR count). The molecule has 0 saturated heterocycles. The van der Waals surface area contributed by atoms with E-state index in [1.54, 1.807) is 6.20 Å². The minimum absolute atomic E-state index is 0.654. The molecule has 0 saturated carbocycles. The van der Waals surface area contributed by atoms with Crippen LogP contribution in [0.5, 0.6) is 0 Å². The second-order valence-electron chi connectivity index (χ2n) is 2.45. The molecular weight excluding hydrogens is 232 g/mol. The van der Waals surface area contributed by atoms with Crippen LogP contribution < -0.4 is 10.6 Å². The first-order chi connectivity index (χ1) is 6.27. The van der Waals surface area contributed by atoms with Crippen LogP contribution in [0.15, 0.2) is 10.7 Å². The van der Waals surface area contributed by atoms with E-state index in [1.165, 1.54) is 0 Å². The van der Waals surface area contributed by atoms with Gasteiger partial charge in [0.15, 0.2) is 0 Å². The van der Waals surface area contributed by atoms with E-state index >= 15 is 0 Å². The Morgan fingerprint density at radius 3 is 2.62 bits per heavy atom. The number of aromatic nitrogens is 2. The molecule has 4 nitrogen and oxygen atoms in total. The predicted octanol–water partition coefficient (Wildman–Crippen LogP) is 2.10. The molecule has 5 heteroatoms. The van der Waals surface area contributed by atoms with Crippen LogP contribution in [0.2, 0.25) is 0 Å². The number of hydrogen-bond acceptors (Lipinski definition) is 4. The SMILES string of the molecule is CCNc1ncc(Br)c(NCC)n1. The summed E-state index contributed by atoms with van der Waals surface area (Å²) in [5.41, 5.74) is 0. The van der Waals surface area contributed by atoms with Crippen LogP contribution in [0.4, 0.5) is 11.8 Å². The lowest BCUT2D eigenvalue weighted by atomic mass is 10.5. The van der Waals surface area contributed by atoms with E-state index in [0.29, 0.717) is 5.95 Å². The normalized spacial score (nSPS) is 9.77. The number of hydrogen-bond donors (Lipinski definition) is 2. The van der Waals surface area contributed by atoms with E-state index in [-0.39, 0.29) is 0 Å². The summed E-state index contributed by atoms with van der Waals surface area (Å²) in [6.45, 7) is 5.72. The van der Waals surface area contributed by atoms with Gasteiger partial charge in [0.1, 0.15) is 5.82 Å². The fraction of sp³-hybridized carbons (Fsp3) is 0.500. The van der Waals surface area contributed by atoms with Crippen molar-refractivity contribution in [1.82, 2.24) is 9.97 Å². The van der Waals surface area contributed by atoms with Crippen LogP contribution in [0.25, 0.3) is 0 Å². The third-order valence-corrected chi connectivity index (χ3v) is 2.00. The molecule has 1 heterocycles. The van der Waals surface area contributed by atoms with Crippen LogP contribution in [-0.2, 0) is 0 Å². The van der Waals surface area contributed by atoms with E-state index in [2.05, 4.69) is 36.5 Å². The first-order valence-electron chi connectivity index (χ1n) is 4.28. The first-order valence-corrected chi connectivity index (χ1v) is 5.07. The average molecular weight is 245 g/mol. The van der Waals surface area contributed by atoms with E-state index in [0.717, 1.165) is 23.4 Å². The highest BCUT2D eigenvalue weighted by Crippen LogP contribution is 2.19. The van der Waals surface area contributed by atoms with Crippen LogP contribution in [0, 0.1) is 0 Å². The largest absolute Gasteiger partial charge is 0.369 e. The molecule has 0 bridgehead atoms. The van der Waals surface area contributed by atoms with Gasteiger partial charge in [-0.2, -0.15) is 4.98 Å². The molecule has 0 aliphatic carbocycles. The third kappa shape index (κ3) is 2.84. The summed E-state index contributed by atoms with van der Waals surface area (Å²) < 4.78 is 0.885. The zero-order chi connectivity index (χ0) is 9.68. The summed E-state index contributed by atoms with van der Waals surface area (Å²) in [5.74, 6) is 1.48. The maximum atomic E-state index is 4.27. The van der Waals surface area contributed by atoms with E-state index < -0.39 is 0 Å². The third-order valence-electron chi connectivity index (χ3n) is 1.42. The summed E-state index contributed by atoms with van der Waals surface area (Å²) in [6.07, 6.45) is 1.74. The van der Waals surface area contributed by atoms with Crippen LogP contribution in [-0.4, -0.2) is 23.1 Å². The number of anilines is 2. The van der Waals surface area contributed by atoms with Crippen molar-refractivity contribution >= 4 is 27.7 Å². The molecule has 0 fully saturated rings. The van der Waals surface area contributed by atoms with E-state index in [9.17, 15) is 0 Å². The number of halogens is 1. The number of nitrogens with zero attached hydrogens (tertiary/aromatic N) is 2. The van der Waals surface area contributed by atoms with Crippen LogP contribution in [0.3, 0.4) is 0 Å². The lowest BCUT2D eigenvalue weighted by Crippen LogP contribution is -2.06. The van der Waals surface area contributed by atoms with Gasteiger partial charge < -0.3 is 10.6 Å². The fourth-order valence-corrected chi connectivity index (χ4v) is 1.23. The van der Waals surface area contributed by atoms with Crippen molar-refractivity contribution in [2.75, 3.05) is 23.7 Å². The van der Waals surface area contributed by atoms with Gasteiger partial charge in [-0.05, 0) is 29.8 Å². The van der Waals surface area contributed by atoms with Gasteiger partial charge in [-0.15, -0.1) is 0 Å². The van der Waals surface area contributed by atoms with Gasteiger partial charge in [0, 0.05) is 19.3 Å². The Hall–Kier alpha value is -0.840. The lowest BCUT2D eigenvalue weighted by molar-refractivity contribution is 1.06. The van der Waals surface area contributed by atoms with Crippen molar-refractivity contribution < 1.29 is 0 Å². The Labute approximate surface area is 86.3 Å². The van der Waals surface area contributed by atoms with Crippen molar-refractivity contribution in [2.24, 2.45) is 0 Å². The van der Waals surface area contributed by atoms with Gasteiger partial charge in [0.2, 0.25) is 5.95 Å². The van der Waals surface area contributed by atoms with Gasteiger partial charge in [0.25, 0.3) is 0 Å². The Bertz CT molecular complexity index is 277. The molecule has 0 atom stereocenters. The fourth-order valence-electron chi connectivity index (χ4n) is 0.902. The molecule has 0 aliphatic rings. The second-order valence-corrected chi connectivity index (χ2v) is 3.31. The molecule has 0 amide bonds. The van der Waals surface area contributed by atoms with Crippen LogP contribution in [0.1, 0.15) is 13.8 Å². The highest BCUT2D eigenvalue weighted by Gasteiger charge is 2.02. The van der Waals surface area contributed by atoms with Crippen LogP contribution >= 0.6 is 15.9 Å². The molecule has 2 N–H and O–H groups in total. The highest BCUT2D eigenvalue weighted by atomic mass is 79.9. The first kappa shape index (κ1) is 10.2. The quantitative estimate of drug-likeness (QED) is 0.852. The molecule has 0 radical (unpaired) electrons. The molecular formula is C8H13BrN4. The van der Waals surface area contributed by atoms with Gasteiger partial charge in [-0.3, -0.25) is 0 Å². The average Bonchev–Trinajstić information content (AvgIpc) is 2.12. The molecule has 0 aromatic carbocycles. The maximum absolute atomic E-state index is 4.27. The predicted molar refractivity (Wildman–Crippen MR) is 58.1 cm³/mol. The van der Waals surface area contributed by atoms with Crippen molar-refractivity contribution in [1.29, 1.82) is 0 Å². The van der Waals surface area contributed by atoms with E-state index in [1.807, 2.05) is 13.8 Å². The Morgan fingerprint density at radius 2 is 2.00 bits per heavy atom. The second kappa shape index (κ2) is 5.01. The molecule has 13 heavy (non-hydrogen) atoms. The lowest BCUT2D eigenvalue weighted by Gasteiger charge is -2.06. The topological polar surface area (TPSA) is 49.8 Å². The molecule has 72 valence electrons. The highest BCUT2D eigenvalue weighted by molar-refractivity contribution is 9.10. The molecule has 0 unspecified atom stereocenters. The zero-order valence-corrected chi connectivity index (χ0v) is 9.35. The van der Waals surface area contributed by atoms with Crippen molar-refractivity contribution in [3.05, 3.63) is 10.7 Å². The molecule has 1 aromatic rings. The van der Waals surface area contributed by atoms with Crippen molar-refractivity contribution in [3.8, 4) is 0 Å². The zero-order valence-electron chi connectivity index (χ0n) is 7.76. The standard InChI is InChI=1S/C8H13BrN4/c1-3-10-7-6(9)5-12-8(13-7)11-4-2/h5H,3-4H2,1-2H3,(H2,10,11,12,13). The summed E-state index contributed by atoms with van der Waals surface area (Å²) in [5, 5.41) is 6.19. The summed E-state index contributed by atoms with van der Waals surface area (Å²) in [7, 11) is 0. The molecule has 1 aromatic heterocycles. The number of rotatable bonds is 4. The monoisotopic (exact) mass is 244 g/mol. The summed E-state index contributed by atoms with van der Waals surface area (Å²) in [4.78, 5) is 8.37. The molecule has 0 aliphatic heterocycles.